The highest BCUT2D eigenvalue weighted by atomic mass is 32.2. The second-order valence-corrected chi connectivity index (χ2v) is 8.77. The summed E-state index contributed by atoms with van der Waals surface area (Å²) in [6.07, 6.45) is 1.09. The molecule has 33 heavy (non-hydrogen) atoms. The molecule has 0 aromatic heterocycles. The number of nitrogens with one attached hydrogen (secondary N) is 1. The fraction of sp³-hybridized carbons (Fsp3) is 0.0870. The molecule has 0 aliphatic carbocycles. The average molecular weight is 486 g/mol. The maximum Gasteiger partial charge on any atom is 0.266 e. The van der Waals surface area contributed by atoms with Crippen LogP contribution >= 0.6 is 0 Å². The molecule has 1 amide bonds. The Balaban J connectivity index is 2.25. The first-order valence-electron chi connectivity index (χ1n) is 9.74. The molecule has 8 nitrogen and oxygen atoms in total. The highest BCUT2D eigenvalue weighted by Crippen LogP contribution is 2.41. The van der Waals surface area contributed by atoms with E-state index < -0.39 is 28.4 Å². The molecule has 0 bridgehead atoms. The van der Waals surface area contributed by atoms with Gasteiger partial charge in [0, 0.05) is 5.69 Å². The second-order valence-electron chi connectivity index (χ2n) is 7.12. The van der Waals surface area contributed by atoms with Gasteiger partial charge >= 0.3 is 0 Å². The van der Waals surface area contributed by atoms with Gasteiger partial charge < -0.3 is 5.32 Å². The average Bonchev–Trinajstić information content (AvgIpc) is 2.77. The van der Waals surface area contributed by atoms with Crippen molar-refractivity contribution in [1.29, 1.82) is 0 Å². The van der Waals surface area contributed by atoms with Gasteiger partial charge in [0.05, 0.1) is 22.7 Å². The van der Waals surface area contributed by atoms with Gasteiger partial charge in [0.15, 0.2) is 0 Å². The van der Waals surface area contributed by atoms with Crippen molar-refractivity contribution < 1.29 is 22.3 Å². The molecule has 3 aromatic carbocycles. The van der Waals surface area contributed by atoms with Crippen molar-refractivity contribution in [1.82, 2.24) is 0 Å². The van der Waals surface area contributed by atoms with Gasteiger partial charge in [0.2, 0.25) is 5.91 Å². The fourth-order valence-electron chi connectivity index (χ4n) is 3.12. The lowest BCUT2D eigenvalue weighted by Gasteiger charge is -2.28. The van der Waals surface area contributed by atoms with Crippen LogP contribution in [0.1, 0.15) is 11.1 Å². The zero-order valence-electron chi connectivity index (χ0n) is 18.0. The molecular formula is C23H23N3O5S2. The Morgan fingerprint density at radius 1 is 0.818 bits per heavy atom. The molecule has 0 spiro atoms. The lowest BCUT2D eigenvalue weighted by atomic mass is 10.1. The van der Waals surface area contributed by atoms with Crippen LogP contribution in [0.2, 0.25) is 0 Å². The molecule has 0 heterocycles. The van der Waals surface area contributed by atoms with Gasteiger partial charge in [-0.25, -0.2) is 17.0 Å². The van der Waals surface area contributed by atoms with Gasteiger partial charge in [0.1, 0.15) is 0 Å². The molecule has 0 aliphatic heterocycles. The maximum atomic E-state index is 12.5. The van der Waals surface area contributed by atoms with Crippen LogP contribution < -0.4 is 13.9 Å². The van der Waals surface area contributed by atoms with Crippen molar-refractivity contribution in [3.8, 4) is 0 Å². The van der Waals surface area contributed by atoms with Crippen LogP contribution in [0.3, 0.4) is 0 Å². The van der Waals surface area contributed by atoms with Gasteiger partial charge in [-0.15, -0.1) is 0 Å². The van der Waals surface area contributed by atoms with Gasteiger partial charge in [-0.2, -0.15) is 0 Å². The van der Waals surface area contributed by atoms with Crippen LogP contribution in [0, 0.1) is 13.8 Å². The van der Waals surface area contributed by atoms with E-state index in [-0.39, 0.29) is 11.4 Å². The van der Waals surface area contributed by atoms with Crippen molar-refractivity contribution in [2.75, 3.05) is 13.9 Å². The molecule has 2 unspecified atom stereocenters. The first-order valence-corrected chi connectivity index (χ1v) is 11.9. The van der Waals surface area contributed by atoms with Gasteiger partial charge in [0.25, 0.3) is 22.5 Å². The number of carbonyl (C=O) groups is 1. The van der Waals surface area contributed by atoms with Crippen molar-refractivity contribution in [2.24, 2.45) is 0 Å². The van der Waals surface area contributed by atoms with Gasteiger partial charge in [-0.05, 0) is 62.4 Å². The van der Waals surface area contributed by atoms with Crippen molar-refractivity contribution in [2.45, 2.75) is 13.8 Å². The minimum Gasteiger partial charge on any atom is -0.322 e. The molecule has 3 N–H and O–H groups in total. The van der Waals surface area contributed by atoms with Crippen LogP contribution in [0.5, 0.6) is 0 Å². The lowest BCUT2D eigenvalue weighted by molar-refractivity contribution is -0.111. The molecule has 0 saturated heterocycles. The Bertz CT molecular complexity index is 1210. The van der Waals surface area contributed by atoms with Crippen LogP contribution in [0.4, 0.5) is 28.4 Å². The third-order valence-electron chi connectivity index (χ3n) is 4.72. The summed E-state index contributed by atoms with van der Waals surface area (Å²) in [4.78, 5) is 11.8. The Labute approximate surface area is 197 Å². The standard InChI is InChI=1S/C23H23N3O5S2/c1-4-23(27)24-18-9-14-21(25(32(28)29)19-10-5-16(2)6-11-19)22(15-18)26(33(30)31)20-12-7-17(3)8-13-20/h4-15H,1H2,2-3H3,(H,24,27)(H,28,29)(H,30,31). The largest absolute Gasteiger partial charge is 0.322 e. The summed E-state index contributed by atoms with van der Waals surface area (Å²) in [5.74, 6) is -0.471. The van der Waals surface area contributed by atoms with Gasteiger partial charge in [-0.3, -0.25) is 13.9 Å². The second kappa shape index (κ2) is 10.5. The lowest BCUT2D eigenvalue weighted by Crippen LogP contribution is -2.25. The molecule has 2 atom stereocenters. The Kier molecular flexibility index (Phi) is 7.77. The van der Waals surface area contributed by atoms with Gasteiger partial charge in [-0.1, -0.05) is 42.0 Å². The van der Waals surface area contributed by atoms with E-state index in [2.05, 4.69) is 11.9 Å². The fourth-order valence-corrected chi connectivity index (χ4v) is 4.36. The SMILES string of the molecule is C=CC(=O)Nc1ccc(N(c2ccc(C)cc2)S(=O)O)c(N(c2ccc(C)cc2)S(=O)O)c1. The normalized spacial score (nSPS) is 12.5. The Hall–Kier alpha value is -3.31. The van der Waals surface area contributed by atoms with E-state index in [1.807, 2.05) is 13.8 Å². The third kappa shape index (κ3) is 5.74. The van der Waals surface area contributed by atoms with E-state index in [0.717, 1.165) is 25.8 Å². The summed E-state index contributed by atoms with van der Waals surface area (Å²) >= 11 is -5.05. The number of hydrogen-bond donors (Lipinski definition) is 3. The van der Waals surface area contributed by atoms with Crippen LogP contribution in [-0.4, -0.2) is 23.4 Å². The first-order chi connectivity index (χ1) is 15.7. The maximum absolute atomic E-state index is 12.5. The number of amides is 1. The molecule has 0 aliphatic rings. The number of nitrogens with zero attached hydrogens (tertiary/aromatic N) is 2. The minimum absolute atomic E-state index is 0.129. The number of carbonyl (C=O) groups excluding carboxylic acids is 1. The van der Waals surface area contributed by atoms with E-state index in [1.165, 1.54) is 18.2 Å². The van der Waals surface area contributed by atoms with E-state index in [0.29, 0.717) is 17.1 Å². The highest BCUT2D eigenvalue weighted by Gasteiger charge is 2.26. The summed E-state index contributed by atoms with van der Waals surface area (Å²) in [6, 6.07) is 18.3. The number of benzene rings is 3. The van der Waals surface area contributed by atoms with Crippen molar-refractivity contribution in [3.63, 3.8) is 0 Å². The van der Waals surface area contributed by atoms with Crippen LogP contribution in [0.25, 0.3) is 0 Å². The molecule has 0 saturated carbocycles. The molecule has 3 aromatic rings. The topological polar surface area (TPSA) is 110 Å². The highest BCUT2D eigenvalue weighted by molar-refractivity contribution is 7.81. The summed E-state index contributed by atoms with van der Waals surface area (Å²) in [7, 11) is 0. The first kappa shape index (κ1) is 24.3. The number of hydrogen-bond acceptors (Lipinski definition) is 3. The van der Waals surface area contributed by atoms with Crippen molar-refractivity contribution in [3.05, 3.63) is 90.5 Å². The number of rotatable bonds is 8. The van der Waals surface area contributed by atoms with E-state index in [1.54, 1.807) is 48.5 Å². The van der Waals surface area contributed by atoms with E-state index >= 15 is 0 Å². The zero-order valence-corrected chi connectivity index (χ0v) is 19.6. The smallest absolute Gasteiger partial charge is 0.266 e. The monoisotopic (exact) mass is 485 g/mol. The molecule has 172 valence electrons. The van der Waals surface area contributed by atoms with E-state index in [4.69, 9.17) is 0 Å². The number of anilines is 5. The molecule has 0 fully saturated rings. The third-order valence-corrected chi connectivity index (χ3v) is 6.16. The Morgan fingerprint density at radius 3 is 1.70 bits per heavy atom. The summed E-state index contributed by atoms with van der Waals surface area (Å²) in [5, 5.41) is 2.61. The Morgan fingerprint density at radius 2 is 1.27 bits per heavy atom. The molecule has 3 rings (SSSR count). The van der Waals surface area contributed by atoms with E-state index in [9.17, 15) is 22.3 Å². The summed E-state index contributed by atoms with van der Waals surface area (Å²) < 4.78 is 47.5. The van der Waals surface area contributed by atoms with Crippen molar-refractivity contribution >= 4 is 56.9 Å². The molecule has 10 heteroatoms. The molecule has 0 radical (unpaired) electrons. The van der Waals surface area contributed by atoms with Crippen LogP contribution in [-0.2, 0) is 27.3 Å². The summed E-state index contributed by atoms with van der Waals surface area (Å²) in [6.45, 7) is 7.19. The quantitative estimate of drug-likeness (QED) is 0.308. The predicted octanol–water partition coefficient (Wildman–Crippen LogP) is 4.98. The minimum atomic E-state index is -2.54. The zero-order chi connectivity index (χ0) is 24.1. The number of aryl methyl sites for hydroxylation is 2. The summed E-state index contributed by atoms with van der Waals surface area (Å²) in [5.41, 5.74) is 3.31. The predicted molar refractivity (Wildman–Crippen MR) is 133 cm³/mol. The molecular weight excluding hydrogens is 462 g/mol. The van der Waals surface area contributed by atoms with Crippen LogP contribution in [0.15, 0.2) is 79.4 Å².